The van der Waals surface area contributed by atoms with E-state index in [1.165, 1.54) is 11.1 Å². The van der Waals surface area contributed by atoms with Crippen molar-refractivity contribution in [1.82, 2.24) is 14.9 Å². The van der Waals surface area contributed by atoms with Gasteiger partial charge in [0, 0.05) is 25.0 Å². The number of anilines is 3. The molecule has 8 nitrogen and oxygen atoms in total. The summed E-state index contributed by atoms with van der Waals surface area (Å²) < 4.78 is 19.6. The zero-order chi connectivity index (χ0) is 20.8. The molecule has 1 amide bonds. The van der Waals surface area contributed by atoms with Gasteiger partial charge < -0.3 is 26.0 Å². The zero-order valence-corrected chi connectivity index (χ0v) is 16.6. The number of nitrogens with two attached hydrogens (primary N) is 1. The van der Waals surface area contributed by atoms with Crippen LogP contribution in [0.1, 0.15) is 25.8 Å². The Kier molecular flexibility index (Phi) is 6.69. The van der Waals surface area contributed by atoms with Gasteiger partial charge in [0.15, 0.2) is 5.82 Å². The molecule has 3 rings (SSSR count). The Bertz CT molecular complexity index is 820. The summed E-state index contributed by atoms with van der Waals surface area (Å²) in [7, 11) is 0. The lowest BCUT2D eigenvalue weighted by Crippen LogP contribution is -2.50. The average Bonchev–Trinajstić information content (AvgIpc) is 2.68. The molecular formula is C20H27FN6O2. The fourth-order valence-electron chi connectivity index (χ4n) is 3.13. The first kappa shape index (κ1) is 20.6. The third-order valence-corrected chi connectivity index (χ3v) is 4.44. The highest BCUT2D eigenvalue weighted by atomic mass is 19.1. The first-order valence-electron chi connectivity index (χ1n) is 9.66. The molecule has 0 saturated carbocycles. The minimum Gasteiger partial charge on any atom is -0.445 e. The molecule has 0 bridgehead atoms. The standard InChI is InChI=1S/C20H27FN6O2/c1-13(2)24-18-17(22)9-23-19(26-18)25-16-8-15(21)10-27(11-16)20(28)29-12-14-6-4-3-5-7-14/h3-7,9,13,15-16H,8,10-12,22H2,1-2H3,(H2,23,24,25,26)/t15-,16-/m0/s1. The smallest absolute Gasteiger partial charge is 0.410 e. The van der Waals surface area contributed by atoms with Crippen molar-refractivity contribution in [3.8, 4) is 0 Å². The van der Waals surface area contributed by atoms with Gasteiger partial charge in [0.1, 0.15) is 12.8 Å². The molecule has 1 fully saturated rings. The lowest BCUT2D eigenvalue weighted by atomic mass is 10.0. The highest BCUT2D eigenvalue weighted by Crippen LogP contribution is 2.21. The molecule has 0 radical (unpaired) electrons. The van der Waals surface area contributed by atoms with E-state index in [0.29, 0.717) is 24.0 Å². The number of halogens is 1. The average molecular weight is 402 g/mol. The predicted molar refractivity (Wildman–Crippen MR) is 110 cm³/mol. The summed E-state index contributed by atoms with van der Waals surface area (Å²) >= 11 is 0. The molecule has 2 aromatic rings. The number of likely N-dealkylation sites (tertiary alicyclic amines) is 1. The van der Waals surface area contributed by atoms with Gasteiger partial charge in [0.2, 0.25) is 5.95 Å². The first-order valence-corrected chi connectivity index (χ1v) is 9.66. The van der Waals surface area contributed by atoms with E-state index < -0.39 is 12.3 Å². The van der Waals surface area contributed by atoms with Crippen LogP contribution in [0.5, 0.6) is 0 Å². The summed E-state index contributed by atoms with van der Waals surface area (Å²) in [6.45, 7) is 4.41. The van der Waals surface area contributed by atoms with Crippen molar-refractivity contribution in [2.45, 2.75) is 45.1 Å². The van der Waals surface area contributed by atoms with Gasteiger partial charge in [-0.25, -0.2) is 14.2 Å². The number of carbonyl (C=O) groups is 1. The monoisotopic (exact) mass is 402 g/mol. The van der Waals surface area contributed by atoms with E-state index in [-0.39, 0.29) is 31.7 Å². The second-order valence-corrected chi connectivity index (χ2v) is 7.42. The van der Waals surface area contributed by atoms with Crippen LogP contribution in [0.25, 0.3) is 0 Å². The summed E-state index contributed by atoms with van der Waals surface area (Å²) in [5.74, 6) is 0.850. The van der Waals surface area contributed by atoms with Crippen molar-refractivity contribution < 1.29 is 13.9 Å². The number of rotatable bonds is 6. The van der Waals surface area contributed by atoms with Crippen molar-refractivity contribution in [2.75, 3.05) is 29.5 Å². The Hall–Kier alpha value is -3.10. The molecule has 4 N–H and O–H groups in total. The van der Waals surface area contributed by atoms with Crippen molar-refractivity contribution in [2.24, 2.45) is 0 Å². The summed E-state index contributed by atoms with van der Waals surface area (Å²) in [4.78, 5) is 22.3. The fourth-order valence-corrected chi connectivity index (χ4v) is 3.13. The van der Waals surface area contributed by atoms with Crippen LogP contribution in [-0.2, 0) is 11.3 Å². The van der Waals surface area contributed by atoms with Crippen LogP contribution in [0.3, 0.4) is 0 Å². The van der Waals surface area contributed by atoms with Crippen molar-refractivity contribution in [3.63, 3.8) is 0 Å². The van der Waals surface area contributed by atoms with Crippen LogP contribution < -0.4 is 16.4 Å². The van der Waals surface area contributed by atoms with Crippen LogP contribution in [0.4, 0.5) is 26.6 Å². The van der Waals surface area contributed by atoms with Crippen LogP contribution in [0, 0.1) is 0 Å². The van der Waals surface area contributed by atoms with Gasteiger partial charge in [-0.3, -0.25) is 0 Å². The van der Waals surface area contributed by atoms with E-state index >= 15 is 0 Å². The summed E-state index contributed by atoms with van der Waals surface area (Å²) in [6, 6.07) is 9.19. The van der Waals surface area contributed by atoms with Crippen LogP contribution in [0.15, 0.2) is 36.5 Å². The van der Waals surface area contributed by atoms with Crippen molar-refractivity contribution in [3.05, 3.63) is 42.1 Å². The van der Waals surface area contributed by atoms with Gasteiger partial charge >= 0.3 is 6.09 Å². The number of hydrogen-bond donors (Lipinski definition) is 3. The maximum Gasteiger partial charge on any atom is 0.410 e. The van der Waals surface area contributed by atoms with Crippen molar-refractivity contribution >= 4 is 23.5 Å². The van der Waals surface area contributed by atoms with Gasteiger partial charge in [0.25, 0.3) is 0 Å². The third-order valence-electron chi connectivity index (χ3n) is 4.44. The second kappa shape index (κ2) is 9.40. The van der Waals surface area contributed by atoms with Gasteiger partial charge in [-0.2, -0.15) is 4.98 Å². The van der Waals surface area contributed by atoms with E-state index in [9.17, 15) is 9.18 Å². The van der Waals surface area contributed by atoms with Gasteiger partial charge in [0.05, 0.1) is 18.4 Å². The minimum absolute atomic E-state index is 0.00849. The Morgan fingerprint density at radius 1 is 1.34 bits per heavy atom. The van der Waals surface area contributed by atoms with E-state index in [1.807, 2.05) is 44.2 Å². The molecule has 0 unspecified atom stereocenters. The molecule has 2 heterocycles. The van der Waals surface area contributed by atoms with E-state index in [0.717, 1.165) is 5.56 Å². The third kappa shape index (κ3) is 5.94. The molecule has 1 saturated heterocycles. The lowest BCUT2D eigenvalue weighted by molar-refractivity contribution is 0.0685. The topological polar surface area (TPSA) is 105 Å². The molecule has 9 heteroatoms. The minimum atomic E-state index is -1.16. The quantitative estimate of drug-likeness (QED) is 0.682. The molecule has 0 spiro atoms. The number of nitrogen functional groups attached to an aromatic ring is 1. The Labute approximate surface area is 169 Å². The number of carbonyl (C=O) groups excluding carboxylic acids is 1. The van der Waals surface area contributed by atoms with Crippen LogP contribution >= 0.6 is 0 Å². The number of alkyl halides is 1. The molecule has 29 heavy (non-hydrogen) atoms. The van der Waals surface area contributed by atoms with Gasteiger partial charge in [-0.15, -0.1) is 0 Å². The molecule has 2 atom stereocenters. The van der Waals surface area contributed by atoms with Crippen LogP contribution in [0.2, 0.25) is 0 Å². The molecule has 1 aliphatic heterocycles. The SMILES string of the molecule is CC(C)Nc1nc(N[C@H]2C[C@H](F)CN(C(=O)OCc3ccccc3)C2)ncc1N. The summed E-state index contributed by atoms with van der Waals surface area (Å²) in [5, 5.41) is 6.25. The second-order valence-electron chi connectivity index (χ2n) is 7.42. The van der Waals surface area contributed by atoms with Crippen molar-refractivity contribution in [1.29, 1.82) is 0 Å². The molecule has 1 aromatic heterocycles. The predicted octanol–water partition coefficient (Wildman–Crippen LogP) is 3.04. The first-order chi connectivity index (χ1) is 13.9. The number of ether oxygens (including phenoxy) is 1. The lowest BCUT2D eigenvalue weighted by Gasteiger charge is -2.34. The van der Waals surface area contributed by atoms with E-state index in [4.69, 9.17) is 10.5 Å². The molecule has 1 aliphatic rings. The molecule has 0 aliphatic carbocycles. The normalized spacial score (nSPS) is 19.1. The number of hydrogen-bond acceptors (Lipinski definition) is 7. The number of nitrogens with one attached hydrogen (secondary N) is 2. The van der Waals surface area contributed by atoms with Gasteiger partial charge in [-0.05, 0) is 19.4 Å². The summed E-state index contributed by atoms with van der Waals surface area (Å²) in [5.41, 5.74) is 7.20. The fraction of sp³-hybridized carbons (Fsp3) is 0.450. The highest BCUT2D eigenvalue weighted by molar-refractivity contribution is 5.68. The molecular weight excluding hydrogens is 375 g/mol. The Morgan fingerprint density at radius 2 is 2.10 bits per heavy atom. The largest absolute Gasteiger partial charge is 0.445 e. The highest BCUT2D eigenvalue weighted by Gasteiger charge is 2.31. The molecule has 1 aromatic carbocycles. The van der Waals surface area contributed by atoms with Gasteiger partial charge in [-0.1, -0.05) is 30.3 Å². The Morgan fingerprint density at radius 3 is 2.83 bits per heavy atom. The number of amides is 1. The zero-order valence-electron chi connectivity index (χ0n) is 16.6. The maximum absolute atomic E-state index is 14.3. The van der Waals surface area contributed by atoms with E-state index in [2.05, 4.69) is 20.6 Å². The summed E-state index contributed by atoms with van der Waals surface area (Å²) in [6.07, 6.45) is 0.0566. The Balaban J connectivity index is 1.60. The maximum atomic E-state index is 14.3. The molecule has 156 valence electrons. The number of benzene rings is 1. The number of nitrogens with zero attached hydrogens (tertiary/aromatic N) is 3. The number of aromatic nitrogens is 2. The van der Waals surface area contributed by atoms with E-state index in [1.54, 1.807) is 0 Å². The van der Waals surface area contributed by atoms with Crippen LogP contribution in [-0.4, -0.2) is 52.3 Å². The number of piperidine rings is 1.